The van der Waals surface area contributed by atoms with Crippen LogP contribution >= 0.6 is 0 Å². The lowest BCUT2D eigenvalue weighted by Gasteiger charge is -2.18. The van der Waals surface area contributed by atoms with Crippen LogP contribution in [0.2, 0.25) is 0 Å². The highest BCUT2D eigenvalue weighted by molar-refractivity contribution is 5.79. The Kier molecular flexibility index (Phi) is 3.08. The highest BCUT2D eigenvalue weighted by Crippen LogP contribution is 2.22. The van der Waals surface area contributed by atoms with Gasteiger partial charge in [-0.2, -0.15) is 0 Å². The van der Waals surface area contributed by atoms with Crippen LogP contribution < -0.4 is 4.90 Å². The van der Waals surface area contributed by atoms with Crippen molar-refractivity contribution < 1.29 is 4.79 Å². The van der Waals surface area contributed by atoms with Gasteiger partial charge in [-0.05, 0) is 18.6 Å². The first-order valence-corrected chi connectivity index (χ1v) is 5.55. The summed E-state index contributed by atoms with van der Waals surface area (Å²) >= 11 is 0. The van der Waals surface area contributed by atoms with Gasteiger partial charge in [-0.1, -0.05) is 6.07 Å². The van der Waals surface area contributed by atoms with Crippen molar-refractivity contribution in [1.82, 2.24) is 9.88 Å². The average Bonchev–Trinajstić information content (AvgIpc) is 2.78. The van der Waals surface area contributed by atoms with Crippen molar-refractivity contribution in [3.8, 4) is 0 Å². The molecule has 1 aromatic heterocycles. The molecule has 0 aliphatic carbocycles. The van der Waals surface area contributed by atoms with E-state index >= 15 is 0 Å². The standard InChI is InChI=1S/C12H17N3O/c1-14(2)12(16)10-6-8-15(9-10)11-5-3-4-7-13-11/h3-5,7,10H,6,8-9H2,1-2H3. The number of amides is 1. The molecule has 1 unspecified atom stereocenters. The quantitative estimate of drug-likeness (QED) is 0.744. The maximum atomic E-state index is 11.8. The third kappa shape index (κ3) is 2.15. The van der Waals surface area contributed by atoms with Crippen molar-refractivity contribution in [3.63, 3.8) is 0 Å². The molecule has 16 heavy (non-hydrogen) atoms. The number of carbonyl (C=O) groups excluding carboxylic acids is 1. The number of aromatic nitrogens is 1. The highest BCUT2D eigenvalue weighted by Gasteiger charge is 2.29. The van der Waals surface area contributed by atoms with Crippen LogP contribution in [0.4, 0.5) is 5.82 Å². The Hall–Kier alpha value is -1.58. The van der Waals surface area contributed by atoms with Crippen molar-refractivity contribution in [2.24, 2.45) is 5.92 Å². The minimum absolute atomic E-state index is 0.122. The minimum atomic E-state index is 0.122. The fourth-order valence-electron chi connectivity index (χ4n) is 2.08. The van der Waals surface area contributed by atoms with Crippen LogP contribution in [-0.2, 0) is 4.79 Å². The number of anilines is 1. The molecule has 0 aromatic carbocycles. The van der Waals surface area contributed by atoms with Crippen molar-refractivity contribution in [2.75, 3.05) is 32.1 Å². The van der Waals surface area contributed by atoms with Crippen LogP contribution in [0, 0.1) is 5.92 Å². The van der Waals surface area contributed by atoms with E-state index in [0.717, 1.165) is 25.3 Å². The molecule has 1 aromatic rings. The number of pyridine rings is 1. The van der Waals surface area contributed by atoms with Crippen LogP contribution in [0.3, 0.4) is 0 Å². The molecule has 86 valence electrons. The molecule has 1 aliphatic heterocycles. The first kappa shape index (κ1) is 10.9. The van der Waals surface area contributed by atoms with Crippen molar-refractivity contribution in [2.45, 2.75) is 6.42 Å². The van der Waals surface area contributed by atoms with E-state index < -0.39 is 0 Å². The molecule has 0 radical (unpaired) electrons. The third-order valence-electron chi connectivity index (χ3n) is 2.95. The van der Waals surface area contributed by atoms with Crippen LogP contribution in [0.1, 0.15) is 6.42 Å². The Morgan fingerprint density at radius 1 is 1.50 bits per heavy atom. The molecule has 0 bridgehead atoms. The van der Waals surface area contributed by atoms with Gasteiger partial charge in [0.25, 0.3) is 0 Å². The fourth-order valence-corrected chi connectivity index (χ4v) is 2.08. The number of nitrogens with zero attached hydrogens (tertiary/aromatic N) is 3. The van der Waals surface area contributed by atoms with Crippen molar-refractivity contribution >= 4 is 11.7 Å². The molecule has 0 saturated carbocycles. The summed E-state index contributed by atoms with van der Waals surface area (Å²) in [5, 5.41) is 0. The Labute approximate surface area is 95.9 Å². The zero-order chi connectivity index (χ0) is 11.5. The van der Waals surface area contributed by atoms with Gasteiger partial charge in [0.2, 0.25) is 5.91 Å². The number of carbonyl (C=O) groups is 1. The largest absolute Gasteiger partial charge is 0.356 e. The summed E-state index contributed by atoms with van der Waals surface area (Å²) in [6, 6.07) is 5.87. The van der Waals surface area contributed by atoms with Gasteiger partial charge in [0.1, 0.15) is 5.82 Å². The van der Waals surface area contributed by atoms with Crippen molar-refractivity contribution in [3.05, 3.63) is 24.4 Å². The zero-order valence-electron chi connectivity index (χ0n) is 9.76. The Morgan fingerprint density at radius 3 is 2.94 bits per heavy atom. The van der Waals surface area contributed by atoms with E-state index in [-0.39, 0.29) is 11.8 Å². The number of hydrogen-bond acceptors (Lipinski definition) is 3. The van der Waals surface area contributed by atoms with Gasteiger partial charge in [0.05, 0.1) is 5.92 Å². The van der Waals surface area contributed by atoms with Gasteiger partial charge < -0.3 is 9.80 Å². The van der Waals surface area contributed by atoms with Gasteiger partial charge in [-0.15, -0.1) is 0 Å². The lowest BCUT2D eigenvalue weighted by Crippen LogP contribution is -2.31. The van der Waals surface area contributed by atoms with E-state index in [1.165, 1.54) is 0 Å². The second kappa shape index (κ2) is 4.51. The van der Waals surface area contributed by atoms with Gasteiger partial charge in [-0.25, -0.2) is 4.98 Å². The minimum Gasteiger partial charge on any atom is -0.356 e. The topological polar surface area (TPSA) is 36.4 Å². The summed E-state index contributed by atoms with van der Waals surface area (Å²) < 4.78 is 0. The Bertz CT molecular complexity index is 364. The molecule has 0 N–H and O–H groups in total. The molecule has 1 atom stereocenters. The van der Waals surface area contributed by atoms with Gasteiger partial charge in [0, 0.05) is 33.4 Å². The monoisotopic (exact) mass is 219 g/mol. The maximum Gasteiger partial charge on any atom is 0.227 e. The summed E-state index contributed by atoms with van der Waals surface area (Å²) in [4.78, 5) is 19.9. The van der Waals surface area contributed by atoms with Gasteiger partial charge >= 0.3 is 0 Å². The first-order chi connectivity index (χ1) is 7.68. The SMILES string of the molecule is CN(C)C(=O)C1CCN(c2ccccn2)C1. The molecule has 1 saturated heterocycles. The predicted molar refractivity (Wildman–Crippen MR) is 63.3 cm³/mol. The van der Waals surface area contributed by atoms with Crippen LogP contribution in [0.25, 0.3) is 0 Å². The number of rotatable bonds is 2. The second-order valence-electron chi connectivity index (χ2n) is 4.35. The second-order valence-corrected chi connectivity index (χ2v) is 4.35. The smallest absolute Gasteiger partial charge is 0.227 e. The molecular formula is C12H17N3O. The van der Waals surface area contributed by atoms with Crippen molar-refractivity contribution in [1.29, 1.82) is 0 Å². The summed E-state index contributed by atoms with van der Waals surface area (Å²) in [7, 11) is 3.62. The molecule has 1 amide bonds. The first-order valence-electron chi connectivity index (χ1n) is 5.55. The summed E-state index contributed by atoms with van der Waals surface area (Å²) in [6.07, 6.45) is 2.71. The van der Waals surface area contributed by atoms with E-state index in [1.54, 1.807) is 11.1 Å². The van der Waals surface area contributed by atoms with E-state index in [2.05, 4.69) is 9.88 Å². The Balaban J connectivity index is 2.01. The summed E-state index contributed by atoms with van der Waals surface area (Å²) in [6.45, 7) is 1.70. The van der Waals surface area contributed by atoms with E-state index in [9.17, 15) is 4.79 Å². The molecular weight excluding hydrogens is 202 g/mol. The van der Waals surface area contributed by atoms with Crippen LogP contribution in [-0.4, -0.2) is 43.0 Å². The predicted octanol–water partition coefficient (Wildman–Crippen LogP) is 0.996. The summed E-state index contributed by atoms with van der Waals surface area (Å²) in [5.41, 5.74) is 0. The molecule has 0 spiro atoms. The molecule has 4 heteroatoms. The van der Waals surface area contributed by atoms with E-state index in [1.807, 2.05) is 32.3 Å². The van der Waals surface area contributed by atoms with E-state index in [4.69, 9.17) is 0 Å². The van der Waals surface area contributed by atoms with Gasteiger partial charge in [0.15, 0.2) is 0 Å². The fraction of sp³-hybridized carbons (Fsp3) is 0.500. The Morgan fingerprint density at radius 2 is 2.31 bits per heavy atom. The average molecular weight is 219 g/mol. The van der Waals surface area contributed by atoms with E-state index in [0.29, 0.717) is 0 Å². The van der Waals surface area contributed by atoms with Gasteiger partial charge in [-0.3, -0.25) is 4.79 Å². The lowest BCUT2D eigenvalue weighted by molar-refractivity contribution is -0.132. The third-order valence-corrected chi connectivity index (χ3v) is 2.95. The molecule has 2 heterocycles. The molecule has 1 aliphatic rings. The lowest BCUT2D eigenvalue weighted by atomic mass is 10.1. The zero-order valence-corrected chi connectivity index (χ0v) is 9.76. The summed E-state index contributed by atoms with van der Waals surface area (Å²) in [5.74, 6) is 1.31. The highest BCUT2D eigenvalue weighted by atomic mass is 16.2. The van der Waals surface area contributed by atoms with Crippen LogP contribution in [0.5, 0.6) is 0 Å². The van der Waals surface area contributed by atoms with Crippen LogP contribution in [0.15, 0.2) is 24.4 Å². The molecule has 2 rings (SSSR count). The normalized spacial score (nSPS) is 19.9. The molecule has 1 fully saturated rings. The molecule has 4 nitrogen and oxygen atoms in total. The maximum absolute atomic E-state index is 11.8. The number of hydrogen-bond donors (Lipinski definition) is 0.